The van der Waals surface area contributed by atoms with Gasteiger partial charge in [-0.25, -0.2) is 14.8 Å². The topological polar surface area (TPSA) is 82.6 Å². The molecule has 25 heavy (non-hydrogen) atoms. The summed E-state index contributed by atoms with van der Waals surface area (Å²) in [4.78, 5) is 21.7. The smallest absolute Gasteiger partial charge is 0.348 e. The first-order chi connectivity index (χ1) is 12.1. The Kier molecular flexibility index (Phi) is 4.71. The van der Waals surface area contributed by atoms with Crippen molar-refractivity contribution in [1.82, 2.24) is 9.97 Å². The van der Waals surface area contributed by atoms with E-state index < -0.39 is 0 Å². The number of methoxy groups -OCH3 is 3. The van der Waals surface area contributed by atoms with Crippen molar-refractivity contribution in [2.75, 3.05) is 26.6 Å². The zero-order valence-electron chi connectivity index (χ0n) is 14.2. The molecule has 0 radical (unpaired) electrons. The average molecular weight is 359 g/mol. The van der Waals surface area contributed by atoms with Crippen molar-refractivity contribution < 1.29 is 19.0 Å². The number of carbonyl (C=O) groups excluding carboxylic acids is 1. The Labute approximate surface area is 148 Å². The Morgan fingerprint density at radius 3 is 2.56 bits per heavy atom. The van der Waals surface area contributed by atoms with Crippen LogP contribution < -0.4 is 14.8 Å². The largest absolute Gasteiger partial charge is 0.493 e. The van der Waals surface area contributed by atoms with E-state index in [2.05, 4.69) is 15.3 Å². The van der Waals surface area contributed by atoms with Crippen molar-refractivity contribution in [3.63, 3.8) is 0 Å². The van der Waals surface area contributed by atoms with Gasteiger partial charge in [0.2, 0.25) is 0 Å². The highest BCUT2D eigenvalue weighted by Crippen LogP contribution is 2.36. The Bertz CT molecular complexity index is 939. The van der Waals surface area contributed by atoms with Crippen LogP contribution in [0.4, 0.5) is 11.5 Å². The number of aryl methyl sites for hydroxylation is 1. The molecule has 1 aromatic carbocycles. The number of nitrogens with zero attached hydrogens (tertiary/aromatic N) is 2. The van der Waals surface area contributed by atoms with Crippen LogP contribution in [0.1, 0.15) is 15.2 Å². The molecule has 0 spiro atoms. The average Bonchev–Trinajstić information content (AvgIpc) is 2.98. The predicted molar refractivity (Wildman–Crippen MR) is 96.3 cm³/mol. The van der Waals surface area contributed by atoms with E-state index in [1.807, 2.05) is 19.1 Å². The first-order valence-electron chi connectivity index (χ1n) is 7.40. The van der Waals surface area contributed by atoms with E-state index in [0.717, 1.165) is 21.5 Å². The highest BCUT2D eigenvalue weighted by Gasteiger charge is 2.20. The number of ether oxygens (including phenoxy) is 3. The van der Waals surface area contributed by atoms with Gasteiger partial charge in [0.05, 0.1) is 26.7 Å². The van der Waals surface area contributed by atoms with Gasteiger partial charge in [0.15, 0.2) is 11.5 Å². The van der Waals surface area contributed by atoms with E-state index in [1.165, 1.54) is 24.8 Å². The second-order valence-corrected chi connectivity index (χ2v) is 6.14. The summed E-state index contributed by atoms with van der Waals surface area (Å²) in [7, 11) is 4.53. The second kappa shape index (κ2) is 6.94. The molecular formula is C17H17N3O4S. The van der Waals surface area contributed by atoms with Crippen LogP contribution in [0.3, 0.4) is 0 Å². The molecule has 0 aliphatic rings. The number of aromatic nitrogens is 2. The summed E-state index contributed by atoms with van der Waals surface area (Å²) in [5, 5.41) is 4.05. The molecule has 0 amide bonds. The maximum Gasteiger partial charge on any atom is 0.348 e. The summed E-state index contributed by atoms with van der Waals surface area (Å²) >= 11 is 1.28. The molecule has 3 aromatic rings. The van der Waals surface area contributed by atoms with Gasteiger partial charge in [0, 0.05) is 11.8 Å². The summed E-state index contributed by atoms with van der Waals surface area (Å²) in [6.07, 6.45) is 1.46. The van der Waals surface area contributed by atoms with E-state index in [9.17, 15) is 4.79 Å². The highest BCUT2D eigenvalue weighted by molar-refractivity contribution is 7.20. The number of fused-ring (bicyclic) bond motifs is 1. The van der Waals surface area contributed by atoms with Gasteiger partial charge >= 0.3 is 5.97 Å². The molecule has 8 heteroatoms. The lowest BCUT2D eigenvalue weighted by molar-refractivity contribution is 0.0605. The maximum atomic E-state index is 11.9. The molecule has 0 bridgehead atoms. The van der Waals surface area contributed by atoms with Crippen molar-refractivity contribution in [2.24, 2.45) is 0 Å². The fraction of sp³-hybridized carbons (Fsp3) is 0.235. The third kappa shape index (κ3) is 3.08. The molecule has 7 nitrogen and oxygen atoms in total. The molecule has 0 unspecified atom stereocenters. The van der Waals surface area contributed by atoms with Crippen LogP contribution in [0.25, 0.3) is 10.2 Å². The number of anilines is 2. The second-order valence-electron chi connectivity index (χ2n) is 5.14. The molecule has 2 aromatic heterocycles. The normalized spacial score (nSPS) is 10.6. The zero-order valence-corrected chi connectivity index (χ0v) is 15.1. The third-order valence-corrected chi connectivity index (χ3v) is 4.92. The lowest BCUT2D eigenvalue weighted by Crippen LogP contribution is -2.00. The maximum absolute atomic E-state index is 11.9. The van der Waals surface area contributed by atoms with Crippen molar-refractivity contribution in [2.45, 2.75) is 6.92 Å². The fourth-order valence-corrected chi connectivity index (χ4v) is 3.57. The number of hydrogen-bond acceptors (Lipinski definition) is 8. The fourth-order valence-electron chi connectivity index (χ4n) is 2.50. The van der Waals surface area contributed by atoms with Crippen LogP contribution in [0, 0.1) is 6.92 Å². The Morgan fingerprint density at radius 1 is 1.12 bits per heavy atom. The Hall–Kier alpha value is -2.87. The number of thiophene rings is 1. The van der Waals surface area contributed by atoms with Crippen LogP contribution in [0.15, 0.2) is 24.5 Å². The van der Waals surface area contributed by atoms with Gasteiger partial charge in [-0.05, 0) is 24.6 Å². The van der Waals surface area contributed by atoms with Gasteiger partial charge < -0.3 is 19.5 Å². The Balaban J connectivity index is 2.05. The van der Waals surface area contributed by atoms with E-state index in [1.54, 1.807) is 20.3 Å². The number of esters is 1. The molecule has 0 aliphatic carbocycles. The lowest BCUT2D eigenvalue weighted by atomic mass is 10.2. The molecule has 0 aliphatic heterocycles. The monoisotopic (exact) mass is 359 g/mol. The number of carbonyl (C=O) groups is 1. The molecule has 0 atom stereocenters. The standard InChI is InChI=1S/C17H17N3O4S/c1-9-13-15(18-8-19-16(13)25-14(9)17(21)24-4)20-10-5-6-11(22-2)12(7-10)23-3/h5-8H,1-4H3,(H,18,19,20). The van der Waals surface area contributed by atoms with Crippen molar-refractivity contribution in [3.05, 3.63) is 35.0 Å². The molecule has 3 rings (SSSR count). The van der Waals surface area contributed by atoms with Gasteiger partial charge in [-0.1, -0.05) is 0 Å². The van der Waals surface area contributed by atoms with Crippen molar-refractivity contribution >= 4 is 39.0 Å². The minimum atomic E-state index is -0.377. The Morgan fingerprint density at radius 2 is 1.88 bits per heavy atom. The molecule has 2 heterocycles. The summed E-state index contributed by atoms with van der Waals surface area (Å²) in [5.41, 5.74) is 1.57. The molecule has 1 N–H and O–H groups in total. The summed E-state index contributed by atoms with van der Waals surface area (Å²) < 4.78 is 15.4. The van der Waals surface area contributed by atoms with E-state index in [4.69, 9.17) is 14.2 Å². The molecular weight excluding hydrogens is 342 g/mol. The first-order valence-corrected chi connectivity index (χ1v) is 8.22. The summed E-state index contributed by atoms with van der Waals surface area (Å²) in [5.74, 6) is 1.48. The van der Waals surface area contributed by atoms with E-state index in [0.29, 0.717) is 22.2 Å². The van der Waals surface area contributed by atoms with Crippen LogP contribution in [0.5, 0.6) is 11.5 Å². The van der Waals surface area contributed by atoms with Gasteiger partial charge in [-0.2, -0.15) is 0 Å². The van der Waals surface area contributed by atoms with Gasteiger partial charge in [0.1, 0.15) is 21.9 Å². The molecule has 0 saturated heterocycles. The van der Waals surface area contributed by atoms with Crippen LogP contribution in [-0.4, -0.2) is 37.3 Å². The quantitative estimate of drug-likeness (QED) is 0.698. The number of hydrogen-bond donors (Lipinski definition) is 1. The van der Waals surface area contributed by atoms with Crippen LogP contribution >= 0.6 is 11.3 Å². The lowest BCUT2D eigenvalue weighted by Gasteiger charge is -2.11. The highest BCUT2D eigenvalue weighted by atomic mass is 32.1. The molecule has 0 saturated carbocycles. The zero-order chi connectivity index (χ0) is 18.0. The van der Waals surface area contributed by atoms with E-state index >= 15 is 0 Å². The molecule has 0 fully saturated rings. The minimum absolute atomic E-state index is 0.377. The predicted octanol–water partition coefficient (Wildman–Crippen LogP) is 3.55. The van der Waals surface area contributed by atoms with Crippen LogP contribution in [-0.2, 0) is 4.74 Å². The first kappa shape index (κ1) is 17.0. The summed E-state index contributed by atoms with van der Waals surface area (Å²) in [6.45, 7) is 1.86. The van der Waals surface area contributed by atoms with E-state index in [-0.39, 0.29) is 5.97 Å². The van der Waals surface area contributed by atoms with Crippen molar-refractivity contribution in [1.29, 1.82) is 0 Å². The van der Waals surface area contributed by atoms with Gasteiger partial charge in [-0.3, -0.25) is 0 Å². The van der Waals surface area contributed by atoms with Crippen LogP contribution in [0.2, 0.25) is 0 Å². The minimum Gasteiger partial charge on any atom is -0.493 e. The SMILES string of the molecule is COC(=O)c1sc2ncnc(Nc3ccc(OC)c(OC)c3)c2c1C. The summed E-state index contributed by atoms with van der Waals surface area (Å²) in [6, 6.07) is 5.48. The number of benzene rings is 1. The number of nitrogens with one attached hydrogen (secondary N) is 1. The third-order valence-electron chi connectivity index (χ3n) is 3.74. The van der Waals surface area contributed by atoms with Crippen molar-refractivity contribution in [3.8, 4) is 11.5 Å². The molecule has 130 valence electrons. The van der Waals surface area contributed by atoms with Gasteiger partial charge in [-0.15, -0.1) is 11.3 Å². The van der Waals surface area contributed by atoms with Gasteiger partial charge in [0.25, 0.3) is 0 Å². The number of rotatable bonds is 5.